The van der Waals surface area contributed by atoms with Gasteiger partial charge in [-0.05, 0) is 90.9 Å². The average Bonchev–Trinajstić information content (AvgIpc) is 3.15. The van der Waals surface area contributed by atoms with Gasteiger partial charge in [0.1, 0.15) is 0 Å². The minimum atomic E-state index is -0.279. The minimum Gasteiger partial charge on any atom is -0.382 e. The number of hydrogen-bond donors (Lipinski definition) is 2. The molecule has 0 aliphatic heterocycles. The van der Waals surface area contributed by atoms with Crippen molar-refractivity contribution >= 4 is 29.3 Å². The molecule has 4 aliphatic rings. The maximum atomic E-state index is 12.3. The maximum absolute atomic E-state index is 12.3. The summed E-state index contributed by atoms with van der Waals surface area (Å²) in [6.07, 6.45) is 10.5. The Bertz CT molecular complexity index is 1140. The average molecular weight is 508 g/mol. The summed E-state index contributed by atoms with van der Waals surface area (Å²) in [6.45, 7) is 3.06. The highest BCUT2D eigenvalue weighted by Crippen LogP contribution is 2.67. The fourth-order valence-corrected chi connectivity index (χ4v) is 7.94. The number of allylic oxidation sites excluding steroid dienone is 4. The van der Waals surface area contributed by atoms with Gasteiger partial charge in [0.25, 0.3) is 0 Å². The Balaban J connectivity index is 1.58. The quantitative estimate of drug-likeness (QED) is 0.327. The molecule has 0 amide bonds. The molecule has 2 fully saturated rings. The zero-order valence-electron chi connectivity index (χ0n) is 21.5. The number of hydrogen-bond acceptors (Lipinski definition) is 5. The van der Waals surface area contributed by atoms with Crippen LogP contribution >= 0.6 is 12.2 Å². The number of ether oxygens (including phenoxy) is 2. The molecule has 0 spiro atoms. The van der Waals surface area contributed by atoms with E-state index in [1.165, 1.54) is 16.7 Å². The summed E-state index contributed by atoms with van der Waals surface area (Å²) in [5.74, 6) is 1.63. The van der Waals surface area contributed by atoms with Crippen molar-refractivity contribution in [3.8, 4) is 0 Å². The summed E-state index contributed by atoms with van der Waals surface area (Å²) in [4.78, 5) is 12.3. The highest BCUT2D eigenvalue weighted by molar-refractivity contribution is 7.80. The smallest absolute Gasteiger partial charge is 0.184 e. The maximum Gasteiger partial charge on any atom is 0.184 e. The van der Waals surface area contributed by atoms with Gasteiger partial charge in [-0.15, -0.1) is 0 Å². The van der Waals surface area contributed by atoms with Crippen molar-refractivity contribution in [3.63, 3.8) is 0 Å². The molecule has 36 heavy (non-hydrogen) atoms. The van der Waals surface area contributed by atoms with E-state index in [2.05, 4.69) is 41.7 Å². The third-order valence-corrected chi connectivity index (χ3v) is 9.61. The summed E-state index contributed by atoms with van der Waals surface area (Å²) in [7, 11) is 3.65. The first-order chi connectivity index (χ1) is 17.3. The number of nitrogens with two attached hydrogens (primary N) is 1. The lowest BCUT2D eigenvalue weighted by molar-refractivity contribution is -0.149. The molecule has 5 atom stereocenters. The number of thiocarbonyl (C=S) groups is 1. The number of nitrogens with zero attached hydrogens (tertiary/aromatic N) is 1. The standard InChI is InChI=1S/C29H37N3O3S/c1-28-15-24(19-6-4-18(5-7-19)16-31-32-27(30)36)26-22-11-9-21(33)14-20(22)8-10-23(26)25(28)12-13-29(28,35-3)17-34-2/h4-7,14,16,23-25H,8-13,15,17H2,1-3H3,(H3,30,32,36)/t23?,24-,25?,28+,29-/m1/s1. The number of carbonyl (C=O) groups is 1. The summed E-state index contributed by atoms with van der Waals surface area (Å²) < 4.78 is 12.1. The molecule has 0 aromatic heterocycles. The summed E-state index contributed by atoms with van der Waals surface area (Å²) in [6, 6.07) is 8.66. The first kappa shape index (κ1) is 25.3. The van der Waals surface area contributed by atoms with Crippen LogP contribution in [0.15, 0.2) is 52.2 Å². The van der Waals surface area contributed by atoms with Crippen molar-refractivity contribution in [2.75, 3.05) is 20.8 Å². The van der Waals surface area contributed by atoms with Crippen LogP contribution in [0.25, 0.3) is 0 Å². The lowest BCUT2D eigenvalue weighted by Gasteiger charge is -2.55. The zero-order chi connectivity index (χ0) is 25.5. The van der Waals surface area contributed by atoms with Crippen molar-refractivity contribution in [2.24, 2.45) is 28.1 Å². The van der Waals surface area contributed by atoms with Crippen LogP contribution < -0.4 is 11.2 Å². The second kappa shape index (κ2) is 9.84. The number of benzene rings is 1. The van der Waals surface area contributed by atoms with Crippen LogP contribution in [0.5, 0.6) is 0 Å². The fraction of sp³-hybridized carbons (Fsp3) is 0.552. The lowest BCUT2D eigenvalue weighted by Crippen LogP contribution is -2.54. The number of carbonyl (C=O) groups excluding carboxylic acids is 1. The highest BCUT2D eigenvalue weighted by Gasteiger charge is 2.63. The Morgan fingerprint density at radius 1 is 1.22 bits per heavy atom. The summed E-state index contributed by atoms with van der Waals surface area (Å²) in [5.41, 5.74) is 14.4. The van der Waals surface area contributed by atoms with Crippen molar-refractivity contribution in [3.05, 3.63) is 58.2 Å². The van der Waals surface area contributed by atoms with Gasteiger partial charge in [-0.2, -0.15) is 5.10 Å². The van der Waals surface area contributed by atoms with Gasteiger partial charge in [0, 0.05) is 32.0 Å². The van der Waals surface area contributed by atoms with E-state index in [-0.39, 0.29) is 27.8 Å². The highest BCUT2D eigenvalue weighted by atomic mass is 32.1. The SMILES string of the molecule is COC[C@]1(OC)CCC2C3CCC4=CC(=O)CCC4=C3[C@@H](c3ccc(C=NNC(N)=S)cc3)C[C@@]21C. The first-order valence-corrected chi connectivity index (χ1v) is 13.4. The molecule has 0 heterocycles. The lowest BCUT2D eigenvalue weighted by atomic mass is 9.51. The van der Waals surface area contributed by atoms with Crippen LogP contribution in [0.1, 0.15) is 68.9 Å². The van der Waals surface area contributed by atoms with Gasteiger partial charge in [-0.25, -0.2) is 0 Å². The van der Waals surface area contributed by atoms with E-state index < -0.39 is 0 Å². The second-order valence-corrected chi connectivity index (χ2v) is 11.5. The van der Waals surface area contributed by atoms with Gasteiger partial charge < -0.3 is 15.2 Å². The molecule has 2 unspecified atom stereocenters. The normalized spacial score (nSPS) is 33.7. The molecule has 192 valence electrons. The predicted octanol–water partition coefficient (Wildman–Crippen LogP) is 4.78. The van der Waals surface area contributed by atoms with Crippen molar-refractivity contribution in [1.82, 2.24) is 5.43 Å². The Kier molecular flexibility index (Phi) is 6.92. The molecule has 5 rings (SSSR count). The van der Waals surface area contributed by atoms with Crippen LogP contribution in [0.3, 0.4) is 0 Å². The van der Waals surface area contributed by atoms with Gasteiger partial charge in [0.2, 0.25) is 0 Å². The zero-order valence-corrected chi connectivity index (χ0v) is 22.3. The monoisotopic (exact) mass is 507 g/mol. The van der Waals surface area contributed by atoms with Crippen molar-refractivity contribution in [1.29, 1.82) is 0 Å². The molecule has 1 aromatic rings. The Hall–Kier alpha value is -2.35. The number of fused-ring (bicyclic) bond motifs is 4. The van der Waals surface area contributed by atoms with Gasteiger partial charge in [-0.3, -0.25) is 10.2 Å². The van der Waals surface area contributed by atoms with Crippen LogP contribution in [-0.4, -0.2) is 43.5 Å². The molecule has 4 aliphatic carbocycles. The third kappa shape index (κ3) is 4.15. The van der Waals surface area contributed by atoms with E-state index in [9.17, 15) is 4.79 Å². The molecule has 7 heteroatoms. The van der Waals surface area contributed by atoms with Crippen LogP contribution in [0.2, 0.25) is 0 Å². The van der Waals surface area contributed by atoms with E-state index >= 15 is 0 Å². The van der Waals surface area contributed by atoms with Crippen molar-refractivity contribution in [2.45, 2.75) is 63.4 Å². The van der Waals surface area contributed by atoms with Gasteiger partial charge in [0.15, 0.2) is 10.9 Å². The Labute approximate surface area is 219 Å². The number of ketones is 1. The molecular formula is C29H37N3O3S. The number of methoxy groups -OCH3 is 2. The van der Waals surface area contributed by atoms with Gasteiger partial charge >= 0.3 is 0 Å². The Morgan fingerprint density at radius 3 is 2.69 bits per heavy atom. The Morgan fingerprint density at radius 2 is 2.00 bits per heavy atom. The van der Waals surface area contributed by atoms with Crippen molar-refractivity contribution < 1.29 is 14.3 Å². The third-order valence-electron chi connectivity index (χ3n) is 9.52. The van der Waals surface area contributed by atoms with Gasteiger partial charge in [-0.1, -0.05) is 36.8 Å². The van der Waals surface area contributed by atoms with Crippen LogP contribution in [-0.2, 0) is 14.3 Å². The van der Waals surface area contributed by atoms with E-state index in [4.69, 9.17) is 27.4 Å². The molecule has 6 nitrogen and oxygen atoms in total. The molecule has 0 bridgehead atoms. The molecular weight excluding hydrogens is 470 g/mol. The van der Waals surface area contributed by atoms with E-state index in [0.29, 0.717) is 24.9 Å². The summed E-state index contributed by atoms with van der Waals surface area (Å²) in [5, 5.41) is 4.24. The van der Waals surface area contributed by atoms with E-state index in [1.807, 2.05) is 13.2 Å². The van der Waals surface area contributed by atoms with Crippen LogP contribution in [0.4, 0.5) is 0 Å². The topological polar surface area (TPSA) is 85.9 Å². The number of nitrogens with one attached hydrogen (secondary N) is 1. The van der Waals surface area contributed by atoms with E-state index in [0.717, 1.165) is 44.1 Å². The minimum absolute atomic E-state index is 0.00370. The molecule has 3 N–H and O–H groups in total. The largest absolute Gasteiger partial charge is 0.382 e. The summed E-state index contributed by atoms with van der Waals surface area (Å²) >= 11 is 4.82. The molecule has 2 saturated carbocycles. The molecule has 1 aromatic carbocycles. The van der Waals surface area contributed by atoms with Crippen LogP contribution in [0, 0.1) is 17.3 Å². The fourth-order valence-electron chi connectivity index (χ4n) is 7.89. The first-order valence-electron chi connectivity index (χ1n) is 13.0. The molecule has 0 saturated heterocycles. The second-order valence-electron chi connectivity index (χ2n) is 11.1. The number of hydrazone groups is 1. The number of rotatable bonds is 6. The van der Waals surface area contributed by atoms with Gasteiger partial charge in [0.05, 0.1) is 18.4 Å². The predicted molar refractivity (Wildman–Crippen MR) is 146 cm³/mol. The molecule has 0 radical (unpaired) electrons. The van der Waals surface area contributed by atoms with E-state index in [1.54, 1.807) is 18.9 Å².